The van der Waals surface area contributed by atoms with Crippen molar-refractivity contribution < 1.29 is 18.3 Å². The molecule has 0 atom stereocenters. The van der Waals surface area contributed by atoms with Crippen molar-refractivity contribution in [2.24, 2.45) is 0 Å². The number of ether oxygens (including phenoxy) is 1. The SMILES string of the molecule is Cc1c(C(=O)Nc2ccc(N3CCOCC3)cc2)oc2ccc(F)cc12. The lowest BCUT2D eigenvalue weighted by molar-refractivity contribution is 0.0998. The van der Waals surface area contributed by atoms with Crippen LogP contribution in [-0.4, -0.2) is 32.2 Å². The summed E-state index contributed by atoms with van der Waals surface area (Å²) in [5.74, 6) is -0.506. The van der Waals surface area contributed by atoms with E-state index in [1.807, 2.05) is 24.3 Å². The average molecular weight is 354 g/mol. The van der Waals surface area contributed by atoms with Gasteiger partial charge in [0.15, 0.2) is 5.76 Å². The Bertz CT molecular complexity index is 944. The van der Waals surface area contributed by atoms with Crippen LogP contribution in [0.15, 0.2) is 46.9 Å². The Labute approximate surface area is 150 Å². The number of morpholine rings is 1. The van der Waals surface area contributed by atoms with Gasteiger partial charge < -0.3 is 19.4 Å². The van der Waals surface area contributed by atoms with Gasteiger partial charge in [-0.3, -0.25) is 4.79 Å². The largest absolute Gasteiger partial charge is 0.451 e. The summed E-state index contributed by atoms with van der Waals surface area (Å²) in [5.41, 5.74) is 2.90. The van der Waals surface area contributed by atoms with Crippen LogP contribution in [-0.2, 0) is 4.74 Å². The Morgan fingerprint density at radius 2 is 1.85 bits per heavy atom. The molecule has 0 radical (unpaired) electrons. The highest BCUT2D eigenvalue weighted by atomic mass is 19.1. The van der Waals surface area contributed by atoms with Crippen LogP contribution < -0.4 is 10.2 Å². The molecule has 1 aromatic heterocycles. The first kappa shape index (κ1) is 16.6. The Kier molecular flexibility index (Phi) is 4.34. The molecule has 1 aliphatic heterocycles. The van der Waals surface area contributed by atoms with Gasteiger partial charge in [0, 0.05) is 35.4 Å². The van der Waals surface area contributed by atoms with E-state index in [4.69, 9.17) is 9.15 Å². The van der Waals surface area contributed by atoms with Crippen molar-refractivity contribution in [2.75, 3.05) is 36.5 Å². The molecule has 1 aliphatic rings. The molecule has 0 unspecified atom stereocenters. The number of nitrogens with one attached hydrogen (secondary N) is 1. The summed E-state index contributed by atoms with van der Waals surface area (Å²) in [7, 11) is 0. The first-order valence-electron chi connectivity index (χ1n) is 8.54. The maximum atomic E-state index is 13.4. The van der Waals surface area contributed by atoms with Crippen molar-refractivity contribution >= 4 is 28.3 Å². The van der Waals surface area contributed by atoms with Gasteiger partial charge in [-0.15, -0.1) is 0 Å². The molecule has 0 saturated carbocycles. The molecule has 0 spiro atoms. The zero-order valence-electron chi connectivity index (χ0n) is 14.4. The van der Waals surface area contributed by atoms with Gasteiger partial charge in [-0.1, -0.05) is 0 Å². The van der Waals surface area contributed by atoms with Gasteiger partial charge in [0.05, 0.1) is 13.2 Å². The number of rotatable bonds is 3. The smallest absolute Gasteiger partial charge is 0.291 e. The maximum absolute atomic E-state index is 13.4. The van der Waals surface area contributed by atoms with Crippen molar-refractivity contribution in [1.29, 1.82) is 0 Å². The molecule has 26 heavy (non-hydrogen) atoms. The van der Waals surface area contributed by atoms with Gasteiger partial charge in [-0.05, 0) is 49.4 Å². The van der Waals surface area contributed by atoms with E-state index in [2.05, 4.69) is 10.2 Å². The van der Waals surface area contributed by atoms with Crippen LogP contribution in [0, 0.1) is 12.7 Å². The van der Waals surface area contributed by atoms with Crippen LogP contribution in [0.25, 0.3) is 11.0 Å². The van der Waals surface area contributed by atoms with E-state index in [1.165, 1.54) is 18.2 Å². The van der Waals surface area contributed by atoms with E-state index < -0.39 is 0 Å². The van der Waals surface area contributed by atoms with Gasteiger partial charge >= 0.3 is 0 Å². The fraction of sp³-hybridized carbons (Fsp3) is 0.250. The van der Waals surface area contributed by atoms with Crippen molar-refractivity contribution in [2.45, 2.75) is 6.92 Å². The van der Waals surface area contributed by atoms with Gasteiger partial charge in [-0.2, -0.15) is 0 Å². The summed E-state index contributed by atoms with van der Waals surface area (Å²) >= 11 is 0. The van der Waals surface area contributed by atoms with E-state index in [0.717, 1.165) is 32.0 Å². The fourth-order valence-electron chi connectivity index (χ4n) is 3.17. The van der Waals surface area contributed by atoms with E-state index >= 15 is 0 Å². The second-order valence-corrected chi connectivity index (χ2v) is 6.30. The second-order valence-electron chi connectivity index (χ2n) is 6.30. The molecule has 1 N–H and O–H groups in total. The normalized spacial score (nSPS) is 14.6. The quantitative estimate of drug-likeness (QED) is 0.773. The van der Waals surface area contributed by atoms with Crippen molar-refractivity contribution in [3.8, 4) is 0 Å². The molecule has 2 heterocycles. The molecule has 3 aromatic rings. The zero-order chi connectivity index (χ0) is 18.1. The number of hydrogen-bond acceptors (Lipinski definition) is 4. The molecule has 4 rings (SSSR count). The summed E-state index contributed by atoms with van der Waals surface area (Å²) < 4.78 is 24.4. The van der Waals surface area contributed by atoms with Crippen LogP contribution in [0.3, 0.4) is 0 Å². The summed E-state index contributed by atoms with van der Waals surface area (Å²) in [6, 6.07) is 11.9. The Balaban J connectivity index is 1.52. The summed E-state index contributed by atoms with van der Waals surface area (Å²) in [4.78, 5) is 14.8. The minimum absolute atomic E-state index is 0.197. The Morgan fingerprint density at radius 1 is 1.12 bits per heavy atom. The van der Waals surface area contributed by atoms with Gasteiger partial charge in [-0.25, -0.2) is 4.39 Å². The number of carbonyl (C=O) groups excluding carboxylic acids is 1. The Morgan fingerprint density at radius 3 is 2.58 bits per heavy atom. The van der Waals surface area contributed by atoms with Crippen LogP contribution >= 0.6 is 0 Å². The van der Waals surface area contributed by atoms with Crippen LogP contribution in [0.4, 0.5) is 15.8 Å². The number of fused-ring (bicyclic) bond motifs is 1. The predicted octanol–water partition coefficient (Wildman–Crippen LogP) is 3.97. The molecule has 1 fully saturated rings. The van der Waals surface area contributed by atoms with Crippen molar-refractivity contribution in [3.63, 3.8) is 0 Å². The first-order valence-corrected chi connectivity index (χ1v) is 8.54. The first-order chi connectivity index (χ1) is 12.6. The third-order valence-electron chi connectivity index (χ3n) is 4.61. The standard InChI is InChI=1S/C20H19FN2O3/c1-13-17-12-14(21)2-7-18(17)26-19(13)20(24)22-15-3-5-16(6-4-15)23-8-10-25-11-9-23/h2-7,12H,8-11H2,1H3,(H,22,24). The van der Waals surface area contributed by atoms with Crippen LogP contribution in [0.2, 0.25) is 0 Å². The maximum Gasteiger partial charge on any atom is 0.291 e. The number of hydrogen-bond donors (Lipinski definition) is 1. The Hall–Kier alpha value is -2.86. The molecule has 0 aliphatic carbocycles. The third-order valence-corrected chi connectivity index (χ3v) is 4.61. The number of nitrogens with zero attached hydrogens (tertiary/aromatic N) is 1. The van der Waals surface area contributed by atoms with E-state index in [1.54, 1.807) is 6.92 Å². The lowest BCUT2D eigenvalue weighted by Gasteiger charge is -2.28. The molecule has 1 saturated heterocycles. The topological polar surface area (TPSA) is 54.7 Å². The summed E-state index contributed by atoms with van der Waals surface area (Å²) in [5, 5.41) is 3.44. The average Bonchev–Trinajstić information content (AvgIpc) is 2.99. The van der Waals surface area contributed by atoms with E-state index in [9.17, 15) is 9.18 Å². The van der Waals surface area contributed by atoms with E-state index in [-0.39, 0.29) is 17.5 Å². The lowest BCUT2D eigenvalue weighted by atomic mass is 10.1. The van der Waals surface area contributed by atoms with Gasteiger partial charge in [0.1, 0.15) is 11.4 Å². The molecular weight excluding hydrogens is 335 g/mol. The molecule has 6 heteroatoms. The highest BCUT2D eigenvalue weighted by molar-refractivity contribution is 6.06. The number of furan rings is 1. The zero-order valence-corrected chi connectivity index (χ0v) is 14.4. The molecule has 5 nitrogen and oxygen atoms in total. The van der Waals surface area contributed by atoms with Crippen LogP contribution in [0.5, 0.6) is 0 Å². The molecular formula is C20H19FN2O3. The number of halogens is 1. The monoisotopic (exact) mass is 354 g/mol. The van der Waals surface area contributed by atoms with Gasteiger partial charge in [0.2, 0.25) is 0 Å². The highest BCUT2D eigenvalue weighted by Crippen LogP contribution is 2.27. The van der Waals surface area contributed by atoms with Gasteiger partial charge in [0.25, 0.3) is 5.91 Å². The van der Waals surface area contributed by atoms with E-state index in [0.29, 0.717) is 22.2 Å². The lowest BCUT2D eigenvalue weighted by Crippen LogP contribution is -2.36. The summed E-state index contributed by atoms with van der Waals surface area (Å²) in [6.45, 7) is 4.93. The second kappa shape index (κ2) is 6.80. The fourth-order valence-corrected chi connectivity index (χ4v) is 3.17. The molecule has 134 valence electrons. The number of benzene rings is 2. The number of amides is 1. The van der Waals surface area contributed by atoms with Crippen molar-refractivity contribution in [1.82, 2.24) is 0 Å². The minimum Gasteiger partial charge on any atom is -0.451 e. The summed E-state index contributed by atoms with van der Waals surface area (Å²) in [6.07, 6.45) is 0. The third kappa shape index (κ3) is 3.15. The van der Waals surface area contributed by atoms with Crippen molar-refractivity contribution in [3.05, 3.63) is 59.6 Å². The molecule has 2 aromatic carbocycles. The number of anilines is 2. The highest BCUT2D eigenvalue weighted by Gasteiger charge is 2.18. The minimum atomic E-state index is -0.355. The number of carbonyl (C=O) groups is 1. The predicted molar refractivity (Wildman–Crippen MR) is 98.3 cm³/mol. The number of aryl methyl sites for hydroxylation is 1. The molecule has 1 amide bonds. The van der Waals surface area contributed by atoms with Crippen LogP contribution in [0.1, 0.15) is 16.1 Å². The molecule has 0 bridgehead atoms.